The van der Waals surface area contributed by atoms with Gasteiger partial charge in [0.05, 0.1) is 0 Å². The van der Waals surface area contributed by atoms with Gasteiger partial charge in [0.25, 0.3) is 11.5 Å². The van der Waals surface area contributed by atoms with E-state index in [2.05, 4.69) is 15.3 Å². The molecular weight excluding hydrogens is 433 g/mol. The number of anilines is 1. The maximum absolute atomic E-state index is 13.9. The predicted octanol–water partition coefficient (Wildman–Crippen LogP) is 4.09. The average Bonchev–Trinajstić information content (AvgIpc) is 2.74. The monoisotopic (exact) mass is 454 g/mol. The molecule has 1 aromatic carbocycles. The summed E-state index contributed by atoms with van der Waals surface area (Å²) in [5.74, 6) is -4.54. The van der Waals surface area contributed by atoms with Crippen molar-refractivity contribution in [1.29, 1.82) is 0 Å². The van der Waals surface area contributed by atoms with Gasteiger partial charge in [-0.1, -0.05) is 29.3 Å². The largest absolute Gasteiger partial charge is 0.351 e. The second kappa shape index (κ2) is 9.64. The van der Waals surface area contributed by atoms with Gasteiger partial charge in [-0.2, -0.15) is 0 Å². The maximum Gasteiger partial charge on any atom is 0.278 e. The minimum absolute atomic E-state index is 0.0937. The van der Waals surface area contributed by atoms with Gasteiger partial charge < -0.3 is 5.32 Å². The highest BCUT2D eigenvalue weighted by molar-refractivity contribution is 6.32. The van der Waals surface area contributed by atoms with Crippen LogP contribution in [0.4, 0.5) is 18.9 Å². The molecule has 2 aromatic rings. The van der Waals surface area contributed by atoms with Crippen molar-refractivity contribution in [3.05, 3.63) is 54.1 Å². The lowest BCUT2D eigenvalue weighted by molar-refractivity contribution is -0.128. The molecule has 166 valence electrons. The highest BCUT2D eigenvalue weighted by Gasteiger charge is 2.39. The molecular formula is C21H22ClF3N4O2. The molecule has 0 unspecified atom stereocenters. The van der Waals surface area contributed by atoms with E-state index in [0.29, 0.717) is 0 Å². The van der Waals surface area contributed by atoms with Crippen LogP contribution in [-0.2, 0) is 9.59 Å². The molecule has 6 nitrogen and oxygen atoms in total. The molecule has 1 aliphatic carbocycles. The van der Waals surface area contributed by atoms with E-state index >= 15 is 0 Å². The number of hydrogen-bond acceptors (Lipinski definition) is 4. The van der Waals surface area contributed by atoms with Crippen molar-refractivity contribution >= 4 is 29.1 Å². The molecule has 1 fully saturated rings. The molecule has 0 aliphatic heterocycles. The van der Waals surface area contributed by atoms with E-state index in [9.17, 15) is 22.8 Å². The Bertz CT molecular complexity index is 903. The van der Waals surface area contributed by atoms with E-state index in [1.165, 1.54) is 18.7 Å². The van der Waals surface area contributed by atoms with Crippen molar-refractivity contribution in [2.24, 2.45) is 0 Å². The van der Waals surface area contributed by atoms with Crippen molar-refractivity contribution in [2.75, 3.05) is 4.90 Å². The highest BCUT2D eigenvalue weighted by atomic mass is 35.5. The summed E-state index contributed by atoms with van der Waals surface area (Å²) >= 11 is 5.46. The number of nitrogens with one attached hydrogen (secondary N) is 1. The third-order valence-corrected chi connectivity index (χ3v) is 5.39. The molecule has 2 amide bonds. The Hall–Kier alpha value is -2.68. The molecule has 1 aliphatic rings. The van der Waals surface area contributed by atoms with Gasteiger partial charge in [-0.05, 0) is 31.9 Å². The predicted molar refractivity (Wildman–Crippen MR) is 110 cm³/mol. The summed E-state index contributed by atoms with van der Waals surface area (Å²) in [6, 6.07) is 4.71. The van der Waals surface area contributed by atoms with Crippen LogP contribution >= 0.6 is 11.6 Å². The number of benzene rings is 1. The van der Waals surface area contributed by atoms with Gasteiger partial charge >= 0.3 is 0 Å². The summed E-state index contributed by atoms with van der Waals surface area (Å²) in [6.45, 7) is 1.84. The SMILES string of the molecule is Cc1ccc(N(C(=O)[C@H](F)Cl)[C@@H](C(=O)NC2CCC(F)(F)CC2)c2cncnc2)cc1. The molecule has 0 radical (unpaired) electrons. The van der Waals surface area contributed by atoms with Gasteiger partial charge in [0, 0.05) is 42.5 Å². The van der Waals surface area contributed by atoms with Gasteiger partial charge in [-0.3, -0.25) is 14.5 Å². The number of carbonyl (C=O) groups is 2. The summed E-state index contributed by atoms with van der Waals surface area (Å²) in [6.07, 6.45) is 3.42. The van der Waals surface area contributed by atoms with Crippen LogP contribution in [0.2, 0.25) is 0 Å². The number of aromatic nitrogens is 2. The summed E-state index contributed by atoms with van der Waals surface area (Å²) in [4.78, 5) is 34.7. The zero-order chi connectivity index (χ0) is 22.6. The number of hydrogen-bond donors (Lipinski definition) is 1. The normalized spacial score (nSPS) is 18.1. The first-order chi connectivity index (χ1) is 14.7. The Morgan fingerprint density at radius 3 is 2.29 bits per heavy atom. The third kappa shape index (κ3) is 5.72. The van der Waals surface area contributed by atoms with E-state index in [1.54, 1.807) is 24.3 Å². The number of nitrogens with zero attached hydrogens (tertiary/aromatic N) is 3. The first kappa shape index (κ1) is 23.0. The second-order valence-corrected chi connectivity index (χ2v) is 7.94. The van der Waals surface area contributed by atoms with Gasteiger partial charge in [0.1, 0.15) is 12.4 Å². The van der Waals surface area contributed by atoms with Crippen LogP contribution in [0.5, 0.6) is 0 Å². The number of alkyl halides is 4. The van der Waals surface area contributed by atoms with Crippen LogP contribution in [0.3, 0.4) is 0 Å². The van der Waals surface area contributed by atoms with E-state index in [1.807, 2.05) is 6.92 Å². The van der Waals surface area contributed by atoms with Crippen molar-refractivity contribution in [3.8, 4) is 0 Å². The molecule has 0 spiro atoms. The van der Waals surface area contributed by atoms with Crippen molar-refractivity contribution in [3.63, 3.8) is 0 Å². The minimum atomic E-state index is -2.75. The van der Waals surface area contributed by atoms with Crippen LogP contribution in [0.25, 0.3) is 0 Å². The summed E-state index contributed by atoms with van der Waals surface area (Å²) in [5.41, 5.74) is -1.02. The quantitative estimate of drug-likeness (QED) is 0.667. The molecule has 3 rings (SSSR count). The van der Waals surface area contributed by atoms with Crippen LogP contribution in [0.1, 0.15) is 42.9 Å². The molecule has 0 bridgehead atoms. The van der Waals surface area contributed by atoms with Crippen molar-refractivity contribution < 1.29 is 22.8 Å². The molecule has 31 heavy (non-hydrogen) atoms. The Kier molecular flexibility index (Phi) is 7.15. The average molecular weight is 455 g/mol. The van der Waals surface area contributed by atoms with Crippen LogP contribution in [0.15, 0.2) is 43.0 Å². The number of halogens is 4. The molecule has 1 aromatic heterocycles. The molecule has 10 heteroatoms. The maximum atomic E-state index is 13.9. The fourth-order valence-corrected chi connectivity index (χ4v) is 3.65. The minimum Gasteiger partial charge on any atom is -0.351 e. The first-order valence-corrected chi connectivity index (χ1v) is 10.2. The Morgan fingerprint density at radius 2 is 1.74 bits per heavy atom. The summed E-state index contributed by atoms with van der Waals surface area (Å²) in [7, 11) is 0. The van der Waals surface area contributed by atoms with Crippen molar-refractivity contribution in [2.45, 2.75) is 56.2 Å². The molecule has 1 saturated carbocycles. The lowest BCUT2D eigenvalue weighted by Gasteiger charge is -2.34. The summed E-state index contributed by atoms with van der Waals surface area (Å²) in [5, 5.41) is 2.72. The Morgan fingerprint density at radius 1 is 1.16 bits per heavy atom. The Labute approximate surface area is 182 Å². The van der Waals surface area contributed by atoms with Crippen LogP contribution in [-0.4, -0.2) is 39.4 Å². The molecule has 0 saturated heterocycles. The van der Waals surface area contributed by atoms with Crippen molar-refractivity contribution in [1.82, 2.24) is 15.3 Å². The smallest absolute Gasteiger partial charge is 0.278 e. The van der Waals surface area contributed by atoms with E-state index in [4.69, 9.17) is 11.6 Å². The zero-order valence-corrected chi connectivity index (χ0v) is 17.5. The molecule has 2 atom stereocenters. The highest BCUT2D eigenvalue weighted by Crippen LogP contribution is 2.34. The standard InChI is InChI=1S/C21H22ClF3N4O2/c1-13-2-4-16(5-3-13)29(20(31)18(22)23)17(14-10-26-12-27-11-14)19(30)28-15-6-8-21(24,25)9-7-15/h2-5,10-12,15,17-18H,6-9H2,1H3,(H,28,30)/t17-,18+/m1/s1. The molecule has 1 N–H and O–H groups in total. The van der Waals surface area contributed by atoms with E-state index in [0.717, 1.165) is 10.5 Å². The lowest BCUT2D eigenvalue weighted by Crippen LogP contribution is -2.49. The van der Waals surface area contributed by atoms with Gasteiger partial charge in [0.15, 0.2) is 0 Å². The van der Waals surface area contributed by atoms with E-state index in [-0.39, 0.29) is 36.9 Å². The first-order valence-electron chi connectivity index (χ1n) is 9.79. The van der Waals surface area contributed by atoms with Crippen LogP contribution < -0.4 is 10.2 Å². The molecule has 1 heterocycles. The lowest BCUT2D eigenvalue weighted by atomic mass is 9.92. The third-order valence-electron chi connectivity index (χ3n) is 5.20. The number of aryl methyl sites for hydroxylation is 1. The second-order valence-electron chi connectivity index (χ2n) is 7.56. The fraction of sp³-hybridized carbons (Fsp3) is 0.429. The zero-order valence-electron chi connectivity index (χ0n) is 16.8. The van der Waals surface area contributed by atoms with Gasteiger partial charge in [-0.15, -0.1) is 0 Å². The van der Waals surface area contributed by atoms with Gasteiger partial charge in [-0.25, -0.2) is 23.1 Å². The number of amides is 2. The number of carbonyl (C=O) groups excluding carboxylic acids is 2. The fourth-order valence-electron chi connectivity index (χ4n) is 3.55. The topological polar surface area (TPSA) is 75.2 Å². The Balaban J connectivity index is 1.96. The number of rotatable bonds is 6. The van der Waals surface area contributed by atoms with Crippen LogP contribution in [0, 0.1) is 6.92 Å². The summed E-state index contributed by atoms with van der Waals surface area (Å²) < 4.78 is 40.9. The van der Waals surface area contributed by atoms with E-state index < -0.39 is 35.5 Å². The van der Waals surface area contributed by atoms with Gasteiger partial charge in [0.2, 0.25) is 11.8 Å².